The van der Waals surface area contributed by atoms with E-state index in [1.54, 1.807) is 6.07 Å². The number of fused-ring (bicyclic) bond motifs is 1. The van der Waals surface area contributed by atoms with Gasteiger partial charge in [-0.05, 0) is 37.0 Å². The molecule has 1 atom stereocenters. The van der Waals surface area contributed by atoms with Gasteiger partial charge in [0.2, 0.25) is 5.91 Å². The zero-order valence-electron chi connectivity index (χ0n) is 11.0. The Morgan fingerprint density at radius 2 is 2.20 bits per heavy atom. The molecule has 0 saturated heterocycles. The number of rotatable bonds is 5. The van der Waals surface area contributed by atoms with Gasteiger partial charge >= 0.3 is 5.97 Å². The molecule has 1 aromatic carbocycles. The van der Waals surface area contributed by atoms with Crippen molar-refractivity contribution in [3.63, 3.8) is 0 Å². The van der Waals surface area contributed by atoms with Crippen LogP contribution in [0.2, 0.25) is 0 Å². The number of aliphatic carboxylic acids is 1. The standard InChI is InChI=1S/C14H17FN2O3/c15-10-7-12-8(4-5-13(18)17-12)6-9(10)11(16)2-1-3-14(19)20/h6-7,11H,1-5,16H2,(H,17,18)(H,19,20). The maximum absolute atomic E-state index is 14.0. The van der Waals surface area contributed by atoms with Gasteiger partial charge in [0.25, 0.3) is 0 Å². The van der Waals surface area contributed by atoms with Crippen molar-refractivity contribution >= 4 is 17.6 Å². The maximum atomic E-state index is 14.0. The summed E-state index contributed by atoms with van der Waals surface area (Å²) in [4.78, 5) is 21.7. The lowest BCUT2D eigenvalue weighted by Crippen LogP contribution is -2.21. The van der Waals surface area contributed by atoms with E-state index in [9.17, 15) is 14.0 Å². The molecule has 1 aliphatic heterocycles. The molecule has 4 N–H and O–H groups in total. The molecule has 0 fully saturated rings. The van der Waals surface area contributed by atoms with Crippen LogP contribution in [0.4, 0.5) is 10.1 Å². The smallest absolute Gasteiger partial charge is 0.303 e. The van der Waals surface area contributed by atoms with Crippen molar-refractivity contribution in [2.24, 2.45) is 5.73 Å². The number of carbonyl (C=O) groups excluding carboxylic acids is 1. The van der Waals surface area contributed by atoms with Crippen LogP contribution in [-0.4, -0.2) is 17.0 Å². The van der Waals surface area contributed by atoms with Crippen molar-refractivity contribution in [3.8, 4) is 0 Å². The number of aryl methyl sites for hydroxylation is 1. The van der Waals surface area contributed by atoms with Crippen LogP contribution < -0.4 is 11.1 Å². The summed E-state index contributed by atoms with van der Waals surface area (Å²) in [5.41, 5.74) is 7.67. The van der Waals surface area contributed by atoms with E-state index in [1.807, 2.05) is 0 Å². The van der Waals surface area contributed by atoms with E-state index in [2.05, 4.69) is 5.32 Å². The molecule has 0 saturated carbocycles. The molecule has 1 unspecified atom stereocenters. The SMILES string of the molecule is NC(CCCC(=O)O)c1cc2c(cc1F)NC(=O)CC2. The predicted octanol–water partition coefficient (Wildman–Crippen LogP) is 1.97. The number of hydrogen-bond donors (Lipinski definition) is 3. The lowest BCUT2D eigenvalue weighted by molar-refractivity contribution is -0.137. The second-order valence-electron chi connectivity index (χ2n) is 4.97. The highest BCUT2D eigenvalue weighted by molar-refractivity contribution is 5.93. The molecule has 2 rings (SSSR count). The lowest BCUT2D eigenvalue weighted by Gasteiger charge is -2.20. The molecule has 0 radical (unpaired) electrons. The van der Waals surface area contributed by atoms with E-state index >= 15 is 0 Å². The molecule has 1 amide bonds. The first-order chi connectivity index (χ1) is 9.47. The van der Waals surface area contributed by atoms with E-state index in [4.69, 9.17) is 10.8 Å². The molecule has 0 aliphatic carbocycles. The Hall–Kier alpha value is -1.95. The number of carbonyl (C=O) groups is 2. The molecule has 6 heteroatoms. The largest absolute Gasteiger partial charge is 0.481 e. The van der Waals surface area contributed by atoms with Crippen LogP contribution >= 0.6 is 0 Å². The van der Waals surface area contributed by atoms with Crippen LogP contribution in [0.1, 0.15) is 42.9 Å². The van der Waals surface area contributed by atoms with Crippen molar-refractivity contribution in [2.45, 2.75) is 38.1 Å². The molecular weight excluding hydrogens is 263 g/mol. The highest BCUT2D eigenvalue weighted by Gasteiger charge is 2.20. The summed E-state index contributed by atoms with van der Waals surface area (Å²) in [6, 6.07) is 2.44. The fourth-order valence-electron chi connectivity index (χ4n) is 2.33. The van der Waals surface area contributed by atoms with Crippen LogP contribution in [0.5, 0.6) is 0 Å². The van der Waals surface area contributed by atoms with E-state index < -0.39 is 17.8 Å². The number of benzene rings is 1. The number of anilines is 1. The molecule has 0 spiro atoms. The van der Waals surface area contributed by atoms with E-state index in [0.29, 0.717) is 36.9 Å². The van der Waals surface area contributed by atoms with Crippen LogP contribution in [0.25, 0.3) is 0 Å². The maximum Gasteiger partial charge on any atom is 0.303 e. The molecular formula is C14H17FN2O3. The third-order valence-electron chi connectivity index (χ3n) is 3.42. The van der Waals surface area contributed by atoms with E-state index in [-0.39, 0.29) is 12.3 Å². The minimum Gasteiger partial charge on any atom is -0.481 e. The second kappa shape index (κ2) is 6.00. The quantitative estimate of drug-likeness (QED) is 0.768. The minimum absolute atomic E-state index is 0.0241. The van der Waals surface area contributed by atoms with Crippen molar-refractivity contribution in [3.05, 3.63) is 29.1 Å². The van der Waals surface area contributed by atoms with Gasteiger partial charge in [0.1, 0.15) is 5.82 Å². The first-order valence-electron chi connectivity index (χ1n) is 6.57. The Bertz CT molecular complexity index is 545. The molecule has 0 bridgehead atoms. The number of hydrogen-bond acceptors (Lipinski definition) is 3. The second-order valence-corrected chi connectivity index (χ2v) is 4.97. The fraction of sp³-hybridized carbons (Fsp3) is 0.429. The van der Waals surface area contributed by atoms with Crippen LogP contribution in [-0.2, 0) is 16.0 Å². The highest BCUT2D eigenvalue weighted by atomic mass is 19.1. The van der Waals surface area contributed by atoms with Crippen LogP contribution in [0.15, 0.2) is 12.1 Å². The molecule has 20 heavy (non-hydrogen) atoms. The summed E-state index contributed by atoms with van der Waals surface area (Å²) in [5, 5.41) is 11.2. The number of nitrogens with one attached hydrogen (secondary N) is 1. The monoisotopic (exact) mass is 280 g/mol. The van der Waals surface area contributed by atoms with Crippen molar-refractivity contribution in [1.82, 2.24) is 0 Å². The highest BCUT2D eigenvalue weighted by Crippen LogP contribution is 2.29. The molecule has 108 valence electrons. The van der Waals surface area contributed by atoms with Crippen LogP contribution in [0, 0.1) is 5.82 Å². The van der Waals surface area contributed by atoms with Crippen molar-refractivity contribution < 1.29 is 19.1 Å². The van der Waals surface area contributed by atoms with E-state index in [0.717, 1.165) is 5.56 Å². The molecule has 1 aromatic rings. The molecule has 0 aromatic heterocycles. The summed E-state index contributed by atoms with van der Waals surface area (Å²) >= 11 is 0. The number of amides is 1. The van der Waals surface area contributed by atoms with Gasteiger partial charge in [-0.15, -0.1) is 0 Å². The van der Waals surface area contributed by atoms with E-state index in [1.165, 1.54) is 6.07 Å². The van der Waals surface area contributed by atoms with Gasteiger partial charge < -0.3 is 16.2 Å². The fourth-order valence-corrected chi connectivity index (χ4v) is 2.33. The number of carboxylic acids is 1. The molecule has 5 nitrogen and oxygen atoms in total. The third kappa shape index (κ3) is 3.33. The third-order valence-corrected chi connectivity index (χ3v) is 3.42. The Morgan fingerprint density at radius 1 is 1.45 bits per heavy atom. The topological polar surface area (TPSA) is 92.4 Å². The minimum atomic E-state index is -0.883. The Morgan fingerprint density at radius 3 is 2.90 bits per heavy atom. The summed E-state index contributed by atoms with van der Waals surface area (Å²) < 4.78 is 14.0. The first kappa shape index (κ1) is 14.5. The van der Waals surface area contributed by atoms with Gasteiger partial charge in [-0.2, -0.15) is 0 Å². The Balaban J connectivity index is 2.12. The van der Waals surface area contributed by atoms with Crippen LogP contribution in [0.3, 0.4) is 0 Å². The average molecular weight is 280 g/mol. The van der Waals surface area contributed by atoms with Gasteiger partial charge in [-0.25, -0.2) is 4.39 Å². The lowest BCUT2D eigenvalue weighted by atomic mass is 9.95. The molecule has 1 heterocycles. The van der Waals surface area contributed by atoms with Gasteiger partial charge in [0.15, 0.2) is 0 Å². The van der Waals surface area contributed by atoms with Gasteiger partial charge in [-0.1, -0.05) is 0 Å². The normalized spacial score (nSPS) is 15.4. The Labute approximate surface area is 116 Å². The summed E-state index contributed by atoms with van der Waals surface area (Å²) in [7, 11) is 0. The average Bonchev–Trinajstić information content (AvgIpc) is 2.37. The summed E-state index contributed by atoms with van der Waals surface area (Å²) in [5.74, 6) is -1.46. The van der Waals surface area contributed by atoms with Gasteiger partial charge in [0.05, 0.1) is 0 Å². The van der Waals surface area contributed by atoms with Crippen molar-refractivity contribution in [2.75, 3.05) is 5.32 Å². The Kier molecular flexibility index (Phi) is 4.34. The van der Waals surface area contributed by atoms with Gasteiger partial charge in [0, 0.05) is 30.1 Å². The zero-order valence-corrected chi connectivity index (χ0v) is 11.0. The molecule has 1 aliphatic rings. The zero-order chi connectivity index (χ0) is 14.7. The number of carboxylic acid groups (broad SMARTS) is 1. The summed E-state index contributed by atoms with van der Waals surface area (Å²) in [6.45, 7) is 0. The van der Waals surface area contributed by atoms with Crippen molar-refractivity contribution in [1.29, 1.82) is 0 Å². The number of halogens is 1. The van der Waals surface area contributed by atoms with Gasteiger partial charge in [-0.3, -0.25) is 9.59 Å². The summed E-state index contributed by atoms with van der Waals surface area (Å²) in [6.07, 6.45) is 1.79. The first-order valence-corrected chi connectivity index (χ1v) is 6.57. The predicted molar refractivity (Wildman–Crippen MR) is 71.8 cm³/mol. The number of nitrogens with two attached hydrogens (primary N) is 1.